The Bertz CT molecular complexity index is 1030. The summed E-state index contributed by atoms with van der Waals surface area (Å²) in [5, 5.41) is 10.3. The number of rotatable bonds is 3. The number of thiophene rings is 1. The maximum Gasteiger partial charge on any atom is 0.307 e. The Balaban J connectivity index is 0.00000196. The minimum Gasteiger partial charge on any atom is -0.481 e. The third-order valence-corrected chi connectivity index (χ3v) is 5.46. The molecule has 0 aliphatic carbocycles. The Hall–Kier alpha value is -2.31. The van der Waals surface area contributed by atoms with Gasteiger partial charge in [0.2, 0.25) is 6.79 Å². The first-order valence-corrected chi connectivity index (χ1v) is 8.77. The first kappa shape index (κ1) is 18.5. The van der Waals surface area contributed by atoms with Crippen LogP contribution in [0.15, 0.2) is 18.2 Å². The average Bonchev–Trinajstić information content (AvgIpc) is 3.13. The lowest BCUT2D eigenvalue weighted by atomic mass is 9.95. The molecular weight excluding hydrogens is 374 g/mol. The normalized spacial score (nSPS) is 12.3. The first-order valence-electron chi connectivity index (χ1n) is 7.96. The number of aromatic nitrogens is 1. The van der Waals surface area contributed by atoms with Gasteiger partial charge in [-0.15, -0.1) is 23.7 Å². The number of hydrogen-bond acceptors (Lipinski definition) is 5. The topological polar surface area (TPSA) is 68.7 Å². The zero-order chi connectivity index (χ0) is 17.7. The number of aryl methyl sites for hydroxylation is 3. The number of ether oxygens (including phenoxy) is 2. The average molecular weight is 392 g/mol. The van der Waals surface area contributed by atoms with E-state index in [-0.39, 0.29) is 25.6 Å². The van der Waals surface area contributed by atoms with Gasteiger partial charge in [-0.3, -0.25) is 4.79 Å². The lowest BCUT2D eigenvalue weighted by molar-refractivity contribution is -0.136. The number of carboxylic acids is 1. The van der Waals surface area contributed by atoms with Crippen molar-refractivity contribution >= 4 is 40.6 Å². The SMILES string of the molecule is Cc1cc(-c2nc3cc4c(cc3c(C)c2CC(=O)O)OCO4)c(C)s1.Cl. The van der Waals surface area contributed by atoms with Gasteiger partial charge in [0.15, 0.2) is 11.5 Å². The van der Waals surface area contributed by atoms with E-state index in [0.29, 0.717) is 11.5 Å². The minimum atomic E-state index is -0.865. The van der Waals surface area contributed by atoms with Gasteiger partial charge in [0.05, 0.1) is 17.6 Å². The van der Waals surface area contributed by atoms with E-state index in [1.165, 1.54) is 4.88 Å². The Labute approximate surface area is 161 Å². The van der Waals surface area contributed by atoms with Crippen molar-refractivity contribution in [2.45, 2.75) is 27.2 Å². The van der Waals surface area contributed by atoms with Crippen LogP contribution < -0.4 is 9.47 Å². The number of carboxylic acid groups (broad SMARTS) is 1. The Morgan fingerprint density at radius 1 is 1.19 bits per heavy atom. The summed E-state index contributed by atoms with van der Waals surface area (Å²) in [6, 6.07) is 5.83. The molecule has 4 rings (SSSR count). The second-order valence-electron chi connectivity index (χ2n) is 6.18. The highest BCUT2D eigenvalue weighted by Gasteiger charge is 2.22. The molecule has 0 bridgehead atoms. The Kier molecular flexibility index (Phi) is 4.82. The third kappa shape index (κ3) is 2.99. The van der Waals surface area contributed by atoms with E-state index in [4.69, 9.17) is 14.5 Å². The van der Waals surface area contributed by atoms with E-state index in [2.05, 4.69) is 6.07 Å². The van der Waals surface area contributed by atoms with Gasteiger partial charge in [-0.05, 0) is 44.0 Å². The zero-order valence-electron chi connectivity index (χ0n) is 14.6. The van der Waals surface area contributed by atoms with Gasteiger partial charge in [-0.1, -0.05) is 0 Å². The van der Waals surface area contributed by atoms with Crippen LogP contribution in [-0.4, -0.2) is 22.9 Å². The predicted octanol–water partition coefficient (Wildman–Crippen LogP) is 4.67. The smallest absolute Gasteiger partial charge is 0.307 e. The summed E-state index contributed by atoms with van der Waals surface area (Å²) in [5.74, 6) is 0.486. The molecule has 1 N–H and O–H groups in total. The van der Waals surface area contributed by atoms with Crippen molar-refractivity contribution < 1.29 is 19.4 Å². The number of hydrogen-bond donors (Lipinski definition) is 1. The van der Waals surface area contributed by atoms with Crippen LogP contribution in [-0.2, 0) is 11.2 Å². The Morgan fingerprint density at radius 3 is 2.50 bits per heavy atom. The van der Waals surface area contributed by atoms with Crippen LogP contribution in [0.25, 0.3) is 22.2 Å². The summed E-state index contributed by atoms with van der Waals surface area (Å²) in [4.78, 5) is 18.6. The molecule has 0 radical (unpaired) electrons. The summed E-state index contributed by atoms with van der Waals surface area (Å²) in [5.41, 5.74) is 4.20. The molecule has 1 aliphatic heterocycles. The molecule has 136 valence electrons. The summed E-state index contributed by atoms with van der Waals surface area (Å²) in [6.45, 7) is 6.23. The third-order valence-electron chi connectivity index (χ3n) is 4.49. The van der Waals surface area contributed by atoms with Crippen molar-refractivity contribution in [3.63, 3.8) is 0 Å². The monoisotopic (exact) mass is 391 g/mol. The molecule has 3 aromatic rings. The molecule has 0 fully saturated rings. The molecule has 1 aliphatic rings. The fourth-order valence-electron chi connectivity index (χ4n) is 3.31. The largest absolute Gasteiger partial charge is 0.481 e. The molecule has 3 heterocycles. The predicted molar refractivity (Wildman–Crippen MR) is 104 cm³/mol. The lowest BCUT2D eigenvalue weighted by Crippen LogP contribution is -2.06. The van der Waals surface area contributed by atoms with E-state index < -0.39 is 5.97 Å². The number of fused-ring (bicyclic) bond motifs is 2. The van der Waals surface area contributed by atoms with Gasteiger partial charge in [-0.25, -0.2) is 4.98 Å². The van der Waals surface area contributed by atoms with Gasteiger partial charge < -0.3 is 14.6 Å². The number of carbonyl (C=O) groups is 1. The minimum absolute atomic E-state index is 0. The van der Waals surface area contributed by atoms with Crippen LogP contribution in [0.2, 0.25) is 0 Å². The van der Waals surface area contributed by atoms with Crippen LogP contribution in [0.5, 0.6) is 11.5 Å². The van der Waals surface area contributed by atoms with Crippen LogP contribution in [0, 0.1) is 20.8 Å². The van der Waals surface area contributed by atoms with Crippen LogP contribution in [0.4, 0.5) is 0 Å². The number of aliphatic carboxylic acids is 1. The second-order valence-corrected chi connectivity index (χ2v) is 7.64. The van der Waals surface area contributed by atoms with Gasteiger partial charge in [0.25, 0.3) is 0 Å². The molecule has 5 nitrogen and oxygen atoms in total. The number of pyridine rings is 1. The highest BCUT2D eigenvalue weighted by Crippen LogP contribution is 2.40. The summed E-state index contributed by atoms with van der Waals surface area (Å²) in [6.07, 6.45) is -0.0626. The fraction of sp³-hybridized carbons (Fsp3) is 0.263. The molecule has 0 saturated carbocycles. The highest BCUT2D eigenvalue weighted by atomic mass is 35.5. The van der Waals surface area contributed by atoms with Crippen molar-refractivity contribution in [1.82, 2.24) is 4.98 Å². The second kappa shape index (κ2) is 6.78. The molecule has 0 spiro atoms. The van der Waals surface area contributed by atoms with Gasteiger partial charge in [-0.2, -0.15) is 0 Å². The van der Waals surface area contributed by atoms with E-state index in [9.17, 15) is 9.90 Å². The molecular formula is C19H18ClNO4S. The maximum atomic E-state index is 11.4. The van der Waals surface area contributed by atoms with E-state index >= 15 is 0 Å². The maximum absolute atomic E-state index is 11.4. The van der Waals surface area contributed by atoms with E-state index in [0.717, 1.165) is 38.2 Å². The van der Waals surface area contributed by atoms with Crippen LogP contribution in [0.3, 0.4) is 0 Å². The molecule has 0 atom stereocenters. The molecule has 7 heteroatoms. The summed E-state index contributed by atoms with van der Waals surface area (Å²) >= 11 is 1.69. The highest BCUT2D eigenvalue weighted by molar-refractivity contribution is 7.12. The van der Waals surface area contributed by atoms with Crippen molar-refractivity contribution in [2.24, 2.45) is 0 Å². The molecule has 1 aromatic carbocycles. The number of nitrogens with zero attached hydrogens (tertiary/aromatic N) is 1. The van der Waals surface area contributed by atoms with Crippen LogP contribution in [0.1, 0.15) is 20.9 Å². The molecule has 0 unspecified atom stereocenters. The van der Waals surface area contributed by atoms with Crippen molar-refractivity contribution in [1.29, 1.82) is 0 Å². The fourth-order valence-corrected chi connectivity index (χ4v) is 4.23. The van der Waals surface area contributed by atoms with Gasteiger partial charge in [0, 0.05) is 26.8 Å². The van der Waals surface area contributed by atoms with Gasteiger partial charge in [0.1, 0.15) is 0 Å². The molecule has 2 aromatic heterocycles. The summed E-state index contributed by atoms with van der Waals surface area (Å²) < 4.78 is 10.9. The molecule has 0 saturated heterocycles. The number of benzene rings is 1. The number of halogens is 1. The van der Waals surface area contributed by atoms with Gasteiger partial charge >= 0.3 is 5.97 Å². The standard InChI is InChI=1S/C19H17NO4S.ClH/c1-9-4-14(11(3)25-9)19-13(6-18(21)22)10(2)12-5-16-17(24-8-23-16)7-15(12)20-19;/h4-5,7H,6,8H2,1-3H3,(H,21,22);1H. The van der Waals surface area contributed by atoms with Crippen LogP contribution >= 0.6 is 23.7 Å². The first-order chi connectivity index (χ1) is 11.9. The quantitative estimate of drug-likeness (QED) is 0.702. The lowest BCUT2D eigenvalue weighted by Gasteiger charge is -2.14. The summed E-state index contributed by atoms with van der Waals surface area (Å²) in [7, 11) is 0. The molecule has 0 amide bonds. The van der Waals surface area contributed by atoms with Crippen molar-refractivity contribution in [3.05, 3.63) is 39.1 Å². The van der Waals surface area contributed by atoms with E-state index in [1.54, 1.807) is 11.3 Å². The Morgan fingerprint density at radius 2 is 1.88 bits per heavy atom. The molecule has 26 heavy (non-hydrogen) atoms. The van der Waals surface area contributed by atoms with Crippen molar-refractivity contribution in [2.75, 3.05) is 6.79 Å². The zero-order valence-corrected chi connectivity index (χ0v) is 16.2. The van der Waals surface area contributed by atoms with Crippen molar-refractivity contribution in [3.8, 4) is 22.8 Å². The van der Waals surface area contributed by atoms with E-state index in [1.807, 2.05) is 32.9 Å².